The first kappa shape index (κ1) is 18.4. The van der Waals surface area contributed by atoms with E-state index in [2.05, 4.69) is 10.1 Å². The van der Waals surface area contributed by atoms with Crippen molar-refractivity contribution in [2.45, 2.75) is 39.2 Å². The molecule has 0 aromatic rings. The van der Waals surface area contributed by atoms with E-state index in [1.165, 1.54) is 7.11 Å². The van der Waals surface area contributed by atoms with Crippen LogP contribution in [0.2, 0.25) is 0 Å². The fourth-order valence-electron chi connectivity index (χ4n) is 1.79. The van der Waals surface area contributed by atoms with Crippen LogP contribution >= 0.6 is 0 Å². The molecule has 0 bridgehead atoms. The van der Waals surface area contributed by atoms with Crippen LogP contribution in [0.3, 0.4) is 0 Å². The van der Waals surface area contributed by atoms with E-state index in [9.17, 15) is 14.4 Å². The van der Waals surface area contributed by atoms with E-state index in [-0.39, 0.29) is 25.3 Å². The fourth-order valence-corrected chi connectivity index (χ4v) is 1.79. The molecule has 0 fully saturated rings. The maximum atomic E-state index is 12.0. The van der Waals surface area contributed by atoms with Crippen LogP contribution in [0, 0.1) is 11.8 Å². The second-order valence-electron chi connectivity index (χ2n) is 5.08. The minimum atomic E-state index is -1.18. The number of esters is 1. The molecular formula is C13H24N2O5. The van der Waals surface area contributed by atoms with Gasteiger partial charge >= 0.3 is 11.9 Å². The molecule has 0 aromatic carbocycles. The molecule has 20 heavy (non-hydrogen) atoms. The van der Waals surface area contributed by atoms with Gasteiger partial charge in [0, 0.05) is 13.0 Å². The highest BCUT2D eigenvalue weighted by Crippen LogP contribution is 2.11. The van der Waals surface area contributed by atoms with E-state index >= 15 is 0 Å². The van der Waals surface area contributed by atoms with Crippen molar-refractivity contribution in [2.75, 3.05) is 13.7 Å². The monoisotopic (exact) mass is 288 g/mol. The van der Waals surface area contributed by atoms with E-state index in [0.717, 1.165) is 0 Å². The van der Waals surface area contributed by atoms with Gasteiger partial charge in [0.15, 0.2) is 0 Å². The predicted octanol–water partition coefficient (Wildman–Crippen LogP) is 0.130. The number of nitrogens with one attached hydrogen (secondary N) is 1. The second-order valence-corrected chi connectivity index (χ2v) is 5.08. The minimum Gasteiger partial charge on any atom is -0.480 e. The number of carbonyl (C=O) groups is 3. The molecule has 0 radical (unpaired) electrons. The summed E-state index contributed by atoms with van der Waals surface area (Å²) in [5.74, 6) is -2.22. The van der Waals surface area contributed by atoms with Crippen LogP contribution in [-0.2, 0) is 19.1 Å². The third-order valence-corrected chi connectivity index (χ3v) is 2.89. The summed E-state index contributed by atoms with van der Waals surface area (Å²) >= 11 is 0. The first-order valence-electron chi connectivity index (χ1n) is 6.61. The molecule has 4 N–H and O–H groups in total. The summed E-state index contributed by atoms with van der Waals surface area (Å²) in [4.78, 5) is 34.1. The lowest BCUT2D eigenvalue weighted by Gasteiger charge is -2.20. The molecule has 0 aliphatic carbocycles. The van der Waals surface area contributed by atoms with Crippen molar-refractivity contribution in [1.29, 1.82) is 0 Å². The fraction of sp³-hybridized carbons (Fsp3) is 0.769. The Hall–Kier alpha value is -1.63. The molecule has 0 saturated carbocycles. The van der Waals surface area contributed by atoms with E-state index in [1.54, 1.807) is 0 Å². The van der Waals surface area contributed by atoms with Crippen LogP contribution in [0.15, 0.2) is 0 Å². The molecular weight excluding hydrogens is 264 g/mol. The Kier molecular flexibility index (Phi) is 8.54. The van der Waals surface area contributed by atoms with Gasteiger partial charge < -0.3 is 20.9 Å². The Morgan fingerprint density at radius 2 is 1.90 bits per heavy atom. The van der Waals surface area contributed by atoms with Crippen molar-refractivity contribution in [3.8, 4) is 0 Å². The van der Waals surface area contributed by atoms with Gasteiger partial charge in [0.2, 0.25) is 5.91 Å². The highest BCUT2D eigenvalue weighted by molar-refractivity contribution is 5.85. The summed E-state index contributed by atoms with van der Waals surface area (Å²) in [5, 5.41) is 11.5. The largest absolute Gasteiger partial charge is 0.480 e. The normalized spacial score (nSPS) is 13.7. The topological polar surface area (TPSA) is 119 Å². The van der Waals surface area contributed by atoms with Crippen molar-refractivity contribution in [3.63, 3.8) is 0 Å². The van der Waals surface area contributed by atoms with Gasteiger partial charge in [-0.25, -0.2) is 4.79 Å². The van der Waals surface area contributed by atoms with E-state index in [1.807, 2.05) is 13.8 Å². The number of carbonyl (C=O) groups excluding carboxylic acids is 2. The number of aliphatic carboxylic acids is 1. The number of carboxylic acids is 1. The number of amides is 1. The molecule has 1 amide bonds. The highest BCUT2D eigenvalue weighted by atomic mass is 16.5. The quantitative estimate of drug-likeness (QED) is 0.519. The maximum absolute atomic E-state index is 12.0. The molecule has 0 spiro atoms. The van der Waals surface area contributed by atoms with Crippen LogP contribution in [0.1, 0.15) is 33.1 Å². The van der Waals surface area contributed by atoms with Crippen molar-refractivity contribution < 1.29 is 24.2 Å². The molecule has 2 unspecified atom stereocenters. The van der Waals surface area contributed by atoms with Gasteiger partial charge in [-0.15, -0.1) is 0 Å². The lowest BCUT2D eigenvalue weighted by Crippen LogP contribution is -2.45. The first-order chi connectivity index (χ1) is 9.31. The van der Waals surface area contributed by atoms with E-state index < -0.39 is 29.8 Å². The zero-order valence-electron chi connectivity index (χ0n) is 12.2. The average Bonchev–Trinajstić information content (AvgIpc) is 2.39. The van der Waals surface area contributed by atoms with E-state index in [4.69, 9.17) is 10.8 Å². The number of rotatable bonds is 9. The lowest BCUT2D eigenvalue weighted by molar-refractivity contribution is -0.144. The van der Waals surface area contributed by atoms with Gasteiger partial charge in [0.1, 0.15) is 6.04 Å². The minimum absolute atomic E-state index is 0.00723. The van der Waals surface area contributed by atoms with Gasteiger partial charge in [-0.1, -0.05) is 13.8 Å². The molecule has 0 aromatic heterocycles. The van der Waals surface area contributed by atoms with Crippen molar-refractivity contribution in [2.24, 2.45) is 17.6 Å². The SMILES string of the molecule is COC(=O)CCC(NC(=O)C(CN)CC(C)C)C(=O)O. The Balaban J connectivity index is 4.53. The highest BCUT2D eigenvalue weighted by Gasteiger charge is 2.25. The summed E-state index contributed by atoms with van der Waals surface area (Å²) in [7, 11) is 1.23. The molecule has 7 heteroatoms. The van der Waals surface area contributed by atoms with Crippen LogP contribution in [-0.4, -0.2) is 42.6 Å². The molecule has 2 atom stereocenters. The van der Waals surface area contributed by atoms with Gasteiger partial charge in [-0.3, -0.25) is 9.59 Å². The Morgan fingerprint density at radius 3 is 2.30 bits per heavy atom. The van der Waals surface area contributed by atoms with Gasteiger partial charge in [0.05, 0.1) is 13.0 Å². The molecule has 0 saturated heterocycles. The summed E-state index contributed by atoms with van der Waals surface area (Å²) in [6.45, 7) is 4.08. The van der Waals surface area contributed by atoms with Crippen LogP contribution in [0.5, 0.6) is 0 Å². The smallest absolute Gasteiger partial charge is 0.326 e. The first-order valence-corrected chi connectivity index (χ1v) is 6.61. The third-order valence-electron chi connectivity index (χ3n) is 2.89. The Bertz CT molecular complexity index is 344. The van der Waals surface area contributed by atoms with E-state index in [0.29, 0.717) is 6.42 Å². The molecule has 0 heterocycles. The van der Waals surface area contributed by atoms with Gasteiger partial charge in [-0.2, -0.15) is 0 Å². The average molecular weight is 288 g/mol. The molecule has 0 aliphatic heterocycles. The Morgan fingerprint density at radius 1 is 1.30 bits per heavy atom. The number of hydrogen-bond donors (Lipinski definition) is 3. The van der Waals surface area contributed by atoms with Crippen molar-refractivity contribution >= 4 is 17.8 Å². The summed E-state index contributed by atoms with van der Waals surface area (Å²) in [6, 6.07) is -1.11. The van der Waals surface area contributed by atoms with Crippen molar-refractivity contribution in [1.82, 2.24) is 5.32 Å². The lowest BCUT2D eigenvalue weighted by atomic mass is 9.96. The Labute approximate surface area is 118 Å². The number of methoxy groups -OCH3 is 1. The third kappa shape index (κ3) is 7.08. The zero-order chi connectivity index (χ0) is 15.7. The van der Waals surface area contributed by atoms with Crippen LogP contribution in [0.4, 0.5) is 0 Å². The summed E-state index contributed by atoms with van der Waals surface area (Å²) in [5.41, 5.74) is 5.54. The number of carboxylic acid groups (broad SMARTS) is 1. The number of ether oxygens (including phenoxy) is 1. The van der Waals surface area contributed by atoms with Gasteiger partial charge in [0.25, 0.3) is 0 Å². The number of nitrogens with two attached hydrogens (primary N) is 1. The summed E-state index contributed by atoms with van der Waals surface area (Å²) in [6.07, 6.45) is 0.517. The standard InChI is InChI=1S/C13H24N2O5/c1-8(2)6-9(7-14)12(17)15-10(13(18)19)4-5-11(16)20-3/h8-10H,4-7,14H2,1-3H3,(H,15,17)(H,18,19). The molecule has 0 aliphatic rings. The zero-order valence-corrected chi connectivity index (χ0v) is 12.2. The van der Waals surface area contributed by atoms with Crippen LogP contribution < -0.4 is 11.1 Å². The maximum Gasteiger partial charge on any atom is 0.326 e. The molecule has 116 valence electrons. The predicted molar refractivity (Wildman–Crippen MR) is 72.8 cm³/mol. The summed E-state index contributed by atoms with van der Waals surface area (Å²) < 4.78 is 4.44. The molecule has 7 nitrogen and oxygen atoms in total. The van der Waals surface area contributed by atoms with Crippen molar-refractivity contribution in [3.05, 3.63) is 0 Å². The van der Waals surface area contributed by atoms with Crippen LogP contribution in [0.25, 0.3) is 0 Å². The second kappa shape index (κ2) is 9.30. The molecule has 0 rings (SSSR count). The van der Waals surface area contributed by atoms with Gasteiger partial charge in [-0.05, 0) is 18.8 Å². The number of hydrogen-bond acceptors (Lipinski definition) is 5.